The van der Waals surface area contributed by atoms with Crippen molar-refractivity contribution in [3.05, 3.63) is 36.5 Å². The van der Waals surface area contributed by atoms with Crippen molar-refractivity contribution in [2.75, 3.05) is 5.75 Å². The quantitative estimate of drug-likeness (QED) is 0.0426. The van der Waals surface area contributed by atoms with Crippen molar-refractivity contribution in [1.82, 2.24) is 5.32 Å². The number of amides is 1. The summed E-state index contributed by atoms with van der Waals surface area (Å²) in [5.74, 6) is -0.912. The van der Waals surface area contributed by atoms with Crippen LogP contribution in [0.25, 0.3) is 0 Å². The van der Waals surface area contributed by atoms with Crippen LogP contribution >= 0.6 is 0 Å². The summed E-state index contributed by atoms with van der Waals surface area (Å²) in [4.78, 5) is 12.4. The SMILES string of the molecule is CC/C=C\C/C=C\C/C=C\CCCCCCCCCC(=O)NC(CS(=O)(=O)O)C(O)CCCCCCCCCCCC. The Morgan fingerprint density at radius 1 is 0.667 bits per heavy atom. The fourth-order valence-electron chi connectivity index (χ4n) is 5.06. The largest absolute Gasteiger partial charge is 0.391 e. The van der Waals surface area contributed by atoms with Gasteiger partial charge in [0.25, 0.3) is 10.1 Å². The van der Waals surface area contributed by atoms with E-state index in [-0.39, 0.29) is 5.91 Å². The number of allylic oxidation sites excluding steroid dienone is 6. The van der Waals surface area contributed by atoms with Crippen molar-refractivity contribution in [1.29, 1.82) is 0 Å². The summed E-state index contributed by atoms with van der Waals surface area (Å²) in [5.41, 5.74) is 0. The van der Waals surface area contributed by atoms with Crippen molar-refractivity contribution in [3.63, 3.8) is 0 Å². The van der Waals surface area contributed by atoms with Gasteiger partial charge in [0.1, 0.15) is 0 Å². The van der Waals surface area contributed by atoms with Crippen LogP contribution in [0.4, 0.5) is 0 Å². The van der Waals surface area contributed by atoms with E-state index in [2.05, 4.69) is 55.6 Å². The summed E-state index contributed by atoms with van der Waals surface area (Å²) >= 11 is 0. The zero-order valence-electron chi connectivity index (χ0n) is 27.1. The Labute approximate surface area is 259 Å². The second kappa shape index (κ2) is 29.6. The summed E-state index contributed by atoms with van der Waals surface area (Å²) in [6, 6.07) is -0.973. The predicted molar refractivity (Wildman–Crippen MR) is 179 cm³/mol. The van der Waals surface area contributed by atoms with Crippen LogP contribution < -0.4 is 5.32 Å². The number of nitrogens with one attached hydrogen (secondary N) is 1. The van der Waals surface area contributed by atoms with Crippen molar-refractivity contribution in [2.24, 2.45) is 0 Å². The minimum atomic E-state index is -4.30. The van der Waals surface area contributed by atoms with Gasteiger partial charge >= 0.3 is 0 Å². The van der Waals surface area contributed by atoms with Crippen LogP contribution in [-0.2, 0) is 14.9 Å². The number of hydrogen-bond donors (Lipinski definition) is 3. The molecule has 42 heavy (non-hydrogen) atoms. The maximum absolute atomic E-state index is 12.4. The van der Waals surface area contributed by atoms with Crippen LogP contribution in [0, 0.1) is 0 Å². The van der Waals surface area contributed by atoms with Crippen LogP contribution in [0.3, 0.4) is 0 Å². The lowest BCUT2D eigenvalue weighted by Crippen LogP contribution is -2.47. The van der Waals surface area contributed by atoms with Gasteiger partial charge in [-0.3, -0.25) is 9.35 Å². The molecule has 2 atom stereocenters. The molecule has 0 spiro atoms. The third-order valence-electron chi connectivity index (χ3n) is 7.61. The highest BCUT2D eigenvalue weighted by Gasteiger charge is 2.26. The molecule has 0 aromatic heterocycles. The average molecular weight is 612 g/mol. The van der Waals surface area contributed by atoms with Crippen LogP contribution in [0.5, 0.6) is 0 Å². The number of rotatable bonds is 30. The number of carbonyl (C=O) groups is 1. The van der Waals surface area contributed by atoms with E-state index >= 15 is 0 Å². The van der Waals surface area contributed by atoms with Gasteiger partial charge in [0.15, 0.2) is 0 Å². The molecule has 246 valence electrons. The first kappa shape index (κ1) is 40.6. The Balaban J connectivity index is 3.95. The van der Waals surface area contributed by atoms with E-state index < -0.39 is 28.0 Å². The Hall–Kier alpha value is -1.44. The first-order valence-corrected chi connectivity index (χ1v) is 18.8. The summed E-state index contributed by atoms with van der Waals surface area (Å²) in [5, 5.41) is 13.2. The number of aliphatic hydroxyl groups excluding tert-OH is 1. The Morgan fingerprint density at radius 3 is 1.69 bits per heavy atom. The molecule has 0 aliphatic heterocycles. The van der Waals surface area contributed by atoms with Gasteiger partial charge in [0.2, 0.25) is 5.91 Å². The second-order valence-corrected chi connectivity index (χ2v) is 13.3. The lowest BCUT2D eigenvalue weighted by atomic mass is 10.0. The van der Waals surface area contributed by atoms with Gasteiger partial charge in [0.05, 0.1) is 17.9 Å². The molecule has 2 unspecified atom stereocenters. The van der Waals surface area contributed by atoms with Crippen LogP contribution in [0.2, 0.25) is 0 Å². The number of carbonyl (C=O) groups excluding carboxylic acids is 1. The van der Waals surface area contributed by atoms with E-state index in [1.165, 1.54) is 64.2 Å². The standard InChI is InChI=1S/C35H65NO5S/c1-3-5-7-9-11-13-15-16-17-18-19-20-21-23-25-27-29-31-35(38)36-33(32-42(39,40)41)34(37)30-28-26-24-22-14-12-10-8-6-4-2/h5,7,11,13,16-17,33-34,37H,3-4,6,8-10,12,14-15,18-32H2,1-2H3,(H,36,38)(H,39,40,41)/b7-5-,13-11-,17-16-. The van der Waals surface area contributed by atoms with E-state index in [1.54, 1.807) is 0 Å². The van der Waals surface area contributed by atoms with Gasteiger partial charge in [-0.15, -0.1) is 0 Å². The summed E-state index contributed by atoms with van der Waals surface area (Å²) in [6.45, 7) is 4.37. The van der Waals surface area contributed by atoms with Crippen molar-refractivity contribution in [2.45, 2.75) is 174 Å². The molecule has 3 N–H and O–H groups in total. The Kier molecular flexibility index (Phi) is 28.6. The van der Waals surface area contributed by atoms with Gasteiger partial charge in [-0.25, -0.2) is 0 Å². The van der Waals surface area contributed by atoms with Gasteiger partial charge < -0.3 is 10.4 Å². The molecule has 0 aliphatic carbocycles. The van der Waals surface area contributed by atoms with Crippen molar-refractivity contribution >= 4 is 16.0 Å². The summed E-state index contributed by atoms with van der Waals surface area (Å²) in [6.07, 6.45) is 36.6. The molecule has 0 saturated carbocycles. The molecule has 6 nitrogen and oxygen atoms in total. The molecule has 1 amide bonds. The molecule has 0 saturated heterocycles. The second-order valence-electron chi connectivity index (χ2n) is 11.8. The minimum absolute atomic E-state index is 0.259. The Morgan fingerprint density at radius 2 is 1.14 bits per heavy atom. The highest BCUT2D eigenvalue weighted by Crippen LogP contribution is 2.14. The smallest absolute Gasteiger partial charge is 0.266 e. The predicted octanol–water partition coefficient (Wildman–Crippen LogP) is 9.40. The number of unbranched alkanes of at least 4 members (excludes halogenated alkanes) is 16. The topological polar surface area (TPSA) is 104 Å². The van der Waals surface area contributed by atoms with E-state index in [9.17, 15) is 22.9 Å². The third-order valence-corrected chi connectivity index (χ3v) is 8.39. The average Bonchev–Trinajstić information content (AvgIpc) is 2.94. The van der Waals surface area contributed by atoms with E-state index in [0.717, 1.165) is 70.6 Å². The maximum Gasteiger partial charge on any atom is 0.266 e. The van der Waals surface area contributed by atoms with Crippen molar-refractivity contribution in [3.8, 4) is 0 Å². The van der Waals surface area contributed by atoms with Crippen LogP contribution in [0.1, 0.15) is 162 Å². The van der Waals surface area contributed by atoms with Gasteiger partial charge in [-0.1, -0.05) is 147 Å². The zero-order valence-corrected chi connectivity index (χ0v) is 27.9. The summed E-state index contributed by atoms with van der Waals surface area (Å²) < 4.78 is 32.3. The van der Waals surface area contributed by atoms with E-state index in [4.69, 9.17) is 0 Å². The molecule has 0 heterocycles. The monoisotopic (exact) mass is 611 g/mol. The van der Waals surface area contributed by atoms with Gasteiger partial charge in [-0.2, -0.15) is 8.42 Å². The molecule has 0 bridgehead atoms. The molecule has 0 fully saturated rings. The van der Waals surface area contributed by atoms with E-state index in [1.807, 2.05) is 0 Å². The number of aliphatic hydroxyl groups is 1. The third kappa shape index (κ3) is 30.0. The van der Waals surface area contributed by atoms with E-state index in [0.29, 0.717) is 12.8 Å². The molecular formula is C35H65NO5S. The molecular weight excluding hydrogens is 546 g/mol. The van der Waals surface area contributed by atoms with Crippen LogP contribution in [-0.4, -0.2) is 41.9 Å². The van der Waals surface area contributed by atoms with Gasteiger partial charge in [-0.05, 0) is 44.9 Å². The molecule has 0 aromatic carbocycles. The molecule has 0 radical (unpaired) electrons. The fourth-order valence-corrected chi connectivity index (χ4v) is 5.81. The van der Waals surface area contributed by atoms with Gasteiger partial charge in [0, 0.05) is 6.42 Å². The first-order valence-electron chi connectivity index (χ1n) is 17.2. The molecule has 0 aliphatic rings. The molecule has 0 rings (SSSR count). The summed E-state index contributed by atoms with van der Waals surface area (Å²) in [7, 11) is -4.30. The Bertz CT molecular complexity index is 806. The minimum Gasteiger partial charge on any atom is -0.391 e. The number of hydrogen-bond acceptors (Lipinski definition) is 4. The highest BCUT2D eigenvalue weighted by atomic mass is 32.2. The highest BCUT2D eigenvalue weighted by molar-refractivity contribution is 7.85. The van der Waals surface area contributed by atoms with Crippen molar-refractivity contribution < 1.29 is 22.9 Å². The fraction of sp³-hybridized carbons (Fsp3) is 0.800. The van der Waals surface area contributed by atoms with Crippen LogP contribution in [0.15, 0.2) is 36.5 Å². The maximum atomic E-state index is 12.4. The first-order chi connectivity index (χ1) is 20.3. The lowest BCUT2D eigenvalue weighted by molar-refractivity contribution is -0.122. The normalized spacial score (nSPS) is 13.9. The zero-order chi connectivity index (χ0) is 31.2. The molecule has 7 heteroatoms. The molecule has 0 aromatic rings. The lowest BCUT2D eigenvalue weighted by Gasteiger charge is -2.23.